The fraction of sp³-hybridized carbons (Fsp3) is 0.500. The Hall–Kier alpha value is -2.68. The van der Waals surface area contributed by atoms with Crippen LogP contribution in [0.15, 0.2) is 42.3 Å². The highest BCUT2D eigenvalue weighted by molar-refractivity contribution is 5.95. The van der Waals surface area contributed by atoms with Crippen LogP contribution in [0.2, 0.25) is 0 Å². The van der Waals surface area contributed by atoms with Crippen molar-refractivity contribution in [3.05, 3.63) is 47.9 Å². The first kappa shape index (κ1) is 24.0. The van der Waals surface area contributed by atoms with E-state index in [2.05, 4.69) is 5.32 Å². The summed E-state index contributed by atoms with van der Waals surface area (Å²) in [5, 5.41) is 13.2. The molecule has 0 bridgehead atoms. The van der Waals surface area contributed by atoms with Gasteiger partial charge in [-0.1, -0.05) is 18.2 Å². The number of allylic oxidation sites excluding steroid dienone is 1. The number of benzene rings is 1. The number of carbonyl (C=O) groups is 2. The zero-order valence-electron chi connectivity index (χ0n) is 18.9. The lowest BCUT2D eigenvalue weighted by Gasteiger charge is -2.36. The number of methoxy groups -OCH3 is 1. The molecule has 174 valence electrons. The topological polar surface area (TPSA) is 99.0 Å². The van der Waals surface area contributed by atoms with Crippen molar-refractivity contribution in [3.8, 4) is 0 Å². The highest BCUT2D eigenvalue weighted by Gasteiger charge is 2.39. The zero-order valence-corrected chi connectivity index (χ0v) is 18.9. The van der Waals surface area contributed by atoms with Gasteiger partial charge in [-0.15, -0.1) is 0 Å². The van der Waals surface area contributed by atoms with E-state index in [-0.39, 0.29) is 36.0 Å². The van der Waals surface area contributed by atoms with Crippen LogP contribution in [-0.4, -0.2) is 61.3 Å². The summed E-state index contributed by atoms with van der Waals surface area (Å²) in [7, 11) is 1.57. The number of para-hydroxylation sites is 1. The Morgan fingerprint density at radius 1 is 1.28 bits per heavy atom. The molecule has 0 saturated heterocycles. The second kappa shape index (κ2) is 11.3. The molecule has 1 aromatic heterocycles. The first-order chi connectivity index (χ1) is 15.5. The van der Waals surface area contributed by atoms with Gasteiger partial charge in [0, 0.05) is 57.2 Å². The van der Waals surface area contributed by atoms with E-state index in [1.807, 2.05) is 43.5 Å². The molecule has 0 saturated carbocycles. The third-order valence-corrected chi connectivity index (χ3v) is 5.67. The van der Waals surface area contributed by atoms with Crippen LogP contribution in [0, 0.1) is 5.92 Å². The van der Waals surface area contributed by atoms with Gasteiger partial charge in [-0.3, -0.25) is 14.2 Å². The number of rotatable bonds is 10. The Morgan fingerprint density at radius 2 is 2.06 bits per heavy atom. The lowest BCUT2D eigenvalue weighted by atomic mass is 9.80. The van der Waals surface area contributed by atoms with Crippen molar-refractivity contribution in [2.75, 3.05) is 33.5 Å². The van der Waals surface area contributed by atoms with Gasteiger partial charge in [0.05, 0.1) is 12.1 Å². The molecule has 2 N–H and O–H groups in total. The van der Waals surface area contributed by atoms with Gasteiger partial charge in [0.25, 0.3) is 5.91 Å². The van der Waals surface area contributed by atoms with Gasteiger partial charge in [0.15, 0.2) is 5.76 Å². The molecule has 2 heterocycles. The quantitative estimate of drug-likeness (QED) is 0.547. The van der Waals surface area contributed by atoms with E-state index in [1.54, 1.807) is 11.7 Å². The largest absolute Gasteiger partial charge is 0.459 e. The third kappa shape index (κ3) is 5.20. The normalized spacial score (nSPS) is 20.6. The van der Waals surface area contributed by atoms with Crippen molar-refractivity contribution in [3.63, 3.8) is 0 Å². The number of fused-ring (bicyclic) bond motifs is 1. The van der Waals surface area contributed by atoms with Gasteiger partial charge in [-0.2, -0.15) is 0 Å². The lowest BCUT2D eigenvalue weighted by Crippen LogP contribution is -2.39. The molecule has 3 rings (SSSR count). The molecule has 2 aromatic rings. The van der Waals surface area contributed by atoms with E-state index in [4.69, 9.17) is 14.2 Å². The summed E-state index contributed by atoms with van der Waals surface area (Å²) >= 11 is 0. The molecule has 32 heavy (non-hydrogen) atoms. The maximum absolute atomic E-state index is 12.8. The fourth-order valence-electron chi connectivity index (χ4n) is 4.21. The Labute approximate surface area is 188 Å². The van der Waals surface area contributed by atoms with Gasteiger partial charge < -0.3 is 24.6 Å². The van der Waals surface area contributed by atoms with Crippen LogP contribution in [0.4, 0.5) is 0 Å². The van der Waals surface area contributed by atoms with E-state index in [9.17, 15) is 14.7 Å². The van der Waals surface area contributed by atoms with Crippen molar-refractivity contribution < 1.29 is 28.9 Å². The van der Waals surface area contributed by atoms with Crippen molar-refractivity contribution >= 4 is 22.7 Å². The highest BCUT2D eigenvalue weighted by atomic mass is 16.7. The molecule has 1 aliphatic heterocycles. The van der Waals surface area contributed by atoms with Crippen LogP contribution < -0.4 is 5.32 Å². The number of amides is 1. The number of aliphatic hydroxyl groups is 1. The Balaban J connectivity index is 2.08. The fourth-order valence-corrected chi connectivity index (χ4v) is 4.21. The minimum absolute atomic E-state index is 0.0470. The number of aromatic nitrogens is 1. The maximum atomic E-state index is 12.8. The standard InChI is InChI=1S/C24H32N2O6/c1-4-31-24-18(9-7-12-27)19(14-22(32-24)23(29)25-11-13-30-3)20-15-26(16(2)28)21-10-6-5-8-17(20)21/h5-6,8,10,14-15,18-19,24,27H,4,7,9,11-13H2,1-3H3,(H,25,29)/t18-,19-,24+/m1/s1. The van der Waals surface area contributed by atoms with Gasteiger partial charge in [-0.25, -0.2) is 0 Å². The molecule has 0 aliphatic carbocycles. The van der Waals surface area contributed by atoms with Gasteiger partial charge in [0.2, 0.25) is 12.2 Å². The highest BCUT2D eigenvalue weighted by Crippen LogP contribution is 2.42. The van der Waals surface area contributed by atoms with Crippen molar-refractivity contribution in [2.45, 2.75) is 38.9 Å². The number of ether oxygens (including phenoxy) is 3. The van der Waals surface area contributed by atoms with Gasteiger partial charge >= 0.3 is 0 Å². The second-order valence-electron chi connectivity index (χ2n) is 7.77. The predicted octanol–water partition coefficient (Wildman–Crippen LogP) is 2.81. The molecule has 0 fully saturated rings. The van der Waals surface area contributed by atoms with Gasteiger partial charge in [0.1, 0.15) is 0 Å². The maximum Gasteiger partial charge on any atom is 0.286 e. The Bertz CT molecular complexity index is 967. The molecule has 1 aliphatic rings. The smallest absolute Gasteiger partial charge is 0.286 e. The summed E-state index contributed by atoms with van der Waals surface area (Å²) in [6, 6.07) is 7.71. The van der Waals surface area contributed by atoms with E-state index in [0.717, 1.165) is 16.5 Å². The molecule has 8 heteroatoms. The minimum atomic E-state index is -0.649. The molecule has 1 aromatic carbocycles. The molecule has 1 amide bonds. The van der Waals surface area contributed by atoms with Crippen LogP contribution in [-0.2, 0) is 19.0 Å². The van der Waals surface area contributed by atoms with E-state index >= 15 is 0 Å². The number of nitrogens with zero attached hydrogens (tertiary/aromatic N) is 1. The van der Waals surface area contributed by atoms with Crippen LogP contribution in [0.3, 0.4) is 0 Å². The van der Waals surface area contributed by atoms with Crippen LogP contribution >= 0.6 is 0 Å². The van der Waals surface area contributed by atoms with E-state index in [0.29, 0.717) is 32.6 Å². The zero-order chi connectivity index (χ0) is 23.1. The molecule has 0 unspecified atom stereocenters. The van der Waals surface area contributed by atoms with Crippen molar-refractivity contribution in [1.82, 2.24) is 9.88 Å². The summed E-state index contributed by atoms with van der Waals surface area (Å²) in [5.41, 5.74) is 1.74. The lowest BCUT2D eigenvalue weighted by molar-refractivity contribution is -0.166. The van der Waals surface area contributed by atoms with Crippen LogP contribution in [0.5, 0.6) is 0 Å². The van der Waals surface area contributed by atoms with Crippen LogP contribution in [0.25, 0.3) is 10.9 Å². The van der Waals surface area contributed by atoms with Gasteiger partial charge in [-0.05, 0) is 37.5 Å². The Kier molecular flexibility index (Phi) is 8.44. The molecular formula is C24H32N2O6. The van der Waals surface area contributed by atoms with Crippen molar-refractivity contribution in [2.24, 2.45) is 5.92 Å². The van der Waals surface area contributed by atoms with E-state index in [1.165, 1.54) is 6.92 Å². The number of aliphatic hydroxyl groups excluding tert-OH is 1. The monoisotopic (exact) mass is 444 g/mol. The first-order valence-electron chi connectivity index (χ1n) is 11.0. The third-order valence-electron chi connectivity index (χ3n) is 5.67. The molecule has 0 spiro atoms. The molecular weight excluding hydrogens is 412 g/mol. The predicted molar refractivity (Wildman–Crippen MR) is 120 cm³/mol. The average molecular weight is 445 g/mol. The summed E-state index contributed by atoms with van der Waals surface area (Å²) in [6.45, 7) is 4.61. The van der Waals surface area contributed by atoms with E-state index < -0.39 is 6.29 Å². The van der Waals surface area contributed by atoms with Crippen LogP contribution in [0.1, 0.15) is 43.0 Å². The number of nitrogens with one attached hydrogen (secondary N) is 1. The summed E-state index contributed by atoms with van der Waals surface area (Å²) in [4.78, 5) is 25.1. The summed E-state index contributed by atoms with van der Waals surface area (Å²) < 4.78 is 18.5. The number of hydrogen-bond acceptors (Lipinski definition) is 6. The van der Waals surface area contributed by atoms with Crippen molar-refractivity contribution in [1.29, 1.82) is 0 Å². The second-order valence-corrected chi connectivity index (χ2v) is 7.77. The minimum Gasteiger partial charge on any atom is -0.459 e. The molecule has 3 atom stereocenters. The number of carbonyl (C=O) groups excluding carboxylic acids is 2. The molecule has 0 radical (unpaired) electrons. The number of hydrogen-bond donors (Lipinski definition) is 2. The summed E-state index contributed by atoms with van der Waals surface area (Å²) in [5.74, 6) is -0.615. The Morgan fingerprint density at radius 3 is 2.75 bits per heavy atom. The average Bonchev–Trinajstić information content (AvgIpc) is 3.18. The summed E-state index contributed by atoms with van der Waals surface area (Å²) in [6.07, 6.45) is 4.22. The molecule has 8 nitrogen and oxygen atoms in total. The first-order valence-corrected chi connectivity index (χ1v) is 11.0. The SMILES string of the molecule is CCO[C@H]1OC(C(=O)NCCOC)=C[C@@H](c2cn(C(C)=O)c3ccccc23)[C@H]1CCCO.